The Kier molecular flexibility index (Phi) is 5.55. The van der Waals surface area contributed by atoms with E-state index in [1.165, 1.54) is 6.07 Å². The van der Waals surface area contributed by atoms with E-state index in [9.17, 15) is 26.0 Å². The van der Waals surface area contributed by atoms with Gasteiger partial charge in [-0.25, -0.2) is 17.5 Å². The maximum atomic E-state index is 14.0. The second-order valence-corrected chi connectivity index (χ2v) is 8.39. The third-order valence-electron chi connectivity index (χ3n) is 4.46. The summed E-state index contributed by atoms with van der Waals surface area (Å²) in [6.45, 7) is -0.476. The van der Waals surface area contributed by atoms with Crippen LogP contribution in [0.5, 0.6) is 0 Å². The van der Waals surface area contributed by atoms with Gasteiger partial charge in [0.25, 0.3) is 0 Å². The highest BCUT2D eigenvalue weighted by Crippen LogP contribution is 2.31. The van der Waals surface area contributed by atoms with Crippen molar-refractivity contribution in [3.8, 4) is 0 Å². The molecule has 1 N–H and O–H groups in total. The first-order chi connectivity index (χ1) is 13.5. The van der Waals surface area contributed by atoms with E-state index in [0.29, 0.717) is 17.5 Å². The van der Waals surface area contributed by atoms with Crippen molar-refractivity contribution in [2.45, 2.75) is 17.6 Å². The summed E-state index contributed by atoms with van der Waals surface area (Å²) in [7, 11) is -0.370. The molecule has 9 heteroatoms. The fraction of sp³-hybridized carbons (Fsp3) is 0.200. The third kappa shape index (κ3) is 4.35. The molecule has 154 valence electrons. The number of halogens is 4. The van der Waals surface area contributed by atoms with E-state index in [4.69, 9.17) is 0 Å². The first kappa shape index (κ1) is 21.1. The van der Waals surface area contributed by atoms with Gasteiger partial charge in [-0.05, 0) is 24.3 Å². The minimum Gasteiger partial charge on any atom is -0.377 e. The molecule has 3 aromatic carbocycles. The molecular formula is C20H18F4N2O2S. The van der Waals surface area contributed by atoms with Gasteiger partial charge in [0.1, 0.15) is 5.82 Å². The molecule has 0 bridgehead atoms. The predicted octanol–water partition coefficient (Wildman–Crippen LogP) is 4.54. The van der Waals surface area contributed by atoms with Gasteiger partial charge in [0.05, 0.1) is 10.5 Å². The highest BCUT2D eigenvalue weighted by molar-refractivity contribution is 7.89. The number of fused-ring (bicyclic) bond motifs is 1. The number of anilines is 1. The van der Waals surface area contributed by atoms with Gasteiger partial charge in [-0.3, -0.25) is 0 Å². The van der Waals surface area contributed by atoms with Crippen molar-refractivity contribution in [3.63, 3.8) is 0 Å². The standard InChI is InChI=1S/C20H18F4N2O2S/c1-26(2)18-7-3-6-16-15(18)5-4-8-19(16)29(27,28)25-12-13-9-10-14(11-17(13)21)20(22,23)24/h3-11,25H,12H2,1-2H3. The number of benzene rings is 3. The Hall–Kier alpha value is -2.65. The van der Waals surface area contributed by atoms with Gasteiger partial charge >= 0.3 is 6.18 Å². The molecule has 0 saturated carbocycles. The number of sulfonamides is 1. The van der Waals surface area contributed by atoms with Crippen molar-refractivity contribution in [2.24, 2.45) is 0 Å². The maximum absolute atomic E-state index is 14.0. The lowest BCUT2D eigenvalue weighted by Crippen LogP contribution is -2.24. The summed E-state index contributed by atoms with van der Waals surface area (Å²) in [5, 5.41) is 1.21. The molecule has 0 aliphatic heterocycles. The minimum atomic E-state index is -4.67. The van der Waals surface area contributed by atoms with Gasteiger partial charge in [0.15, 0.2) is 0 Å². The van der Waals surface area contributed by atoms with E-state index < -0.39 is 34.1 Å². The van der Waals surface area contributed by atoms with Crippen LogP contribution in [0.4, 0.5) is 23.2 Å². The zero-order chi connectivity index (χ0) is 21.4. The summed E-state index contributed by atoms with van der Waals surface area (Å²) in [5.41, 5.74) is -0.490. The van der Waals surface area contributed by atoms with Crippen LogP contribution in [0.2, 0.25) is 0 Å². The SMILES string of the molecule is CN(C)c1cccc2c(S(=O)(=O)NCc3ccc(C(F)(F)F)cc3F)cccc12. The largest absolute Gasteiger partial charge is 0.416 e. The van der Waals surface area contributed by atoms with Gasteiger partial charge in [0, 0.05) is 42.7 Å². The molecule has 0 aromatic heterocycles. The summed E-state index contributed by atoms with van der Waals surface area (Å²) >= 11 is 0. The molecule has 3 rings (SSSR count). The van der Waals surface area contributed by atoms with Gasteiger partial charge in [-0.2, -0.15) is 13.2 Å². The summed E-state index contributed by atoms with van der Waals surface area (Å²) in [4.78, 5) is 1.86. The van der Waals surface area contributed by atoms with Crippen LogP contribution in [0.1, 0.15) is 11.1 Å². The predicted molar refractivity (Wildman–Crippen MR) is 104 cm³/mol. The molecule has 0 unspecified atom stereocenters. The zero-order valence-electron chi connectivity index (χ0n) is 15.6. The second-order valence-electron chi connectivity index (χ2n) is 6.65. The van der Waals surface area contributed by atoms with E-state index in [2.05, 4.69) is 4.72 Å². The highest BCUT2D eigenvalue weighted by Gasteiger charge is 2.31. The lowest BCUT2D eigenvalue weighted by atomic mass is 10.1. The van der Waals surface area contributed by atoms with Crippen LogP contribution in [-0.2, 0) is 22.7 Å². The van der Waals surface area contributed by atoms with Crippen LogP contribution in [-0.4, -0.2) is 22.5 Å². The van der Waals surface area contributed by atoms with Crippen LogP contribution in [0.3, 0.4) is 0 Å². The molecule has 0 radical (unpaired) electrons. The molecule has 0 fully saturated rings. The molecule has 29 heavy (non-hydrogen) atoms. The molecule has 0 amide bonds. The van der Waals surface area contributed by atoms with Gasteiger partial charge in [0.2, 0.25) is 10.0 Å². The summed E-state index contributed by atoms with van der Waals surface area (Å²) in [5.74, 6) is -1.13. The van der Waals surface area contributed by atoms with Gasteiger partial charge in [-0.1, -0.05) is 30.3 Å². The van der Waals surface area contributed by atoms with Crippen molar-refractivity contribution in [2.75, 3.05) is 19.0 Å². The fourth-order valence-corrected chi connectivity index (χ4v) is 4.23. The van der Waals surface area contributed by atoms with E-state index in [-0.39, 0.29) is 10.5 Å². The maximum Gasteiger partial charge on any atom is 0.416 e. The van der Waals surface area contributed by atoms with Gasteiger partial charge < -0.3 is 4.90 Å². The topological polar surface area (TPSA) is 49.4 Å². The average molecular weight is 426 g/mol. The Bertz CT molecular complexity index is 1160. The molecule has 0 heterocycles. The molecule has 0 aliphatic rings. The van der Waals surface area contributed by atoms with Crippen LogP contribution in [0.15, 0.2) is 59.5 Å². The van der Waals surface area contributed by atoms with Crippen LogP contribution in [0.25, 0.3) is 10.8 Å². The number of nitrogens with zero attached hydrogens (tertiary/aromatic N) is 1. The van der Waals surface area contributed by atoms with E-state index >= 15 is 0 Å². The zero-order valence-corrected chi connectivity index (χ0v) is 16.4. The first-order valence-corrected chi connectivity index (χ1v) is 10.0. The number of alkyl halides is 3. The molecule has 3 aromatic rings. The average Bonchev–Trinajstić information content (AvgIpc) is 2.65. The fourth-order valence-electron chi connectivity index (χ4n) is 3.01. The van der Waals surface area contributed by atoms with E-state index in [1.54, 1.807) is 24.3 Å². The van der Waals surface area contributed by atoms with Crippen molar-refractivity contribution in [3.05, 3.63) is 71.5 Å². The highest BCUT2D eigenvalue weighted by atomic mass is 32.2. The summed E-state index contributed by atoms with van der Waals surface area (Å²) in [6.07, 6.45) is -4.67. The minimum absolute atomic E-state index is 0.00557. The van der Waals surface area contributed by atoms with Crippen LogP contribution >= 0.6 is 0 Å². The van der Waals surface area contributed by atoms with E-state index in [0.717, 1.165) is 17.1 Å². The van der Waals surface area contributed by atoms with Crippen molar-refractivity contribution >= 4 is 26.5 Å². The Morgan fingerprint density at radius 2 is 1.62 bits per heavy atom. The van der Waals surface area contributed by atoms with Crippen LogP contribution < -0.4 is 9.62 Å². The molecular weight excluding hydrogens is 408 g/mol. The molecule has 0 atom stereocenters. The first-order valence-electron chi connectivity index (χ1n) is 8.55. The van der Waals surface area contributed by atoms with Crippen molar-refractivity contribution in [1.82, 2.24) is 4.72 Å². The normalized spacial score (nSPS) is 12.3. The lowest BCUT2D eigenvalue weighted by Gasteiger charge is -2.17. The van der Waals surface area contributed by atoms with Gasteiger partial charge in [-0.15, -0.1) is 0 Å². The van der Waals surface area contributed by atoms with E-state index in [1.807, 2.05) is 25.1 Å². The quantitative estimate of drug-likeness (QED) is 0.610. The Balaban J connectivity index is 1.92. The molecule has 0 spiro atoms. The molecule has 4 nitrogen and oxygen atoms in total. The van der Waals surface area contributed by atoms with Crippen molar-refractivity contribution in [1.29, 1.82) is 0 Å². The third-order valence-corrected chi connectivity index (χ3v) is 5.92. The van der Waals surface area contributed by atoms with Crippen molar-refractivity contribution < 1.29 is 26.0 Å². The Morgan fingerprint density at radius 1 is 0.966 bits per heavy atom. The number of hydrogen-bond donors (Lipinski definition) is 1. The molecule has 0 aliphatic carbocycles. The summed E-state index contributed by atoms with van der Waals surface area (Å²) < 4.78 is 79.9. The molecule has 0 saturated heterocycles. The smallest absolute Gasteiger partial charge is 0.377 e. The number of hydrogen-bond acceptors (Lipinski definition) is 3. The lowest BCUT2D eigenvalue weighted by molar-refractivity contribution is -0.137. The monoisotopic (exact) mass is 426 g/mol. The van der Waals surface area contributed by atoms with Crippen LogP contribution in [0, 0.1) is 5.82 Å². The number of nitrogens with one attached hydrogen (secondary N) is 1. The Morgan fingerprint density at radius 3 is 2.24 bits per heavy atom. The second kappa shape index (κ2) is 7.64. The number of rotatable bonds is 5. The Labute approximate surface area is 165 Å². The summed E-state index contributed by atoms with van der Waals surface area (Å²) in [6, 6.07) is 12.0.